The number of aromatic nitrogens is 3. The zero-order valence-corrected chi connectivity index (χ0v) is 17.6. The van der Waals surface area contributed by atoms with E-state index >= 15 is 0 Å². The molecule has 0 aliphatic rings. The summed E-state index contributed by atoms with van der Waals surface area (Å²) in [5.41, 5.74) is 3.77. The van der Waals surface area contributed by atoms with E-state index in [4.69, 9.17) is 9.47 Å². The molecule has 0 amide bonds. The number of hydrogen-bond donors (Lipinski definition) is 2. The van der Waals surface area contributed by atoms with Gasteiger partial charge in [0.2, 0.25) is 0 Å². The number of methoxy groups -OCH3 is 1. The van der Waals surface area contributed by atoms with E-state index in [1.54, 1.807) is 13.3 Å². The lowest BCUT2D eigenvalue weighted by molar-refractivity contribution is 0.313. The van der Waals surface area contributed by atoms with E-state index in [-0.39, 0.29) is 0 Å². The van der Waals surface area contributed by atoms with Crippen molar-refractivity contribution >= 4 is 27.1 Å². The maximum atomic E-state index is 5.82. The van der Waals surface area contributed by atoms with E-state index < -0.39 is 0 Å². The van der Waals surface area contributed by atoms with Gasteiger partial charge in [0.05, 0.1) is 7.11 Å². The van der Waals surface area contributed by atoms with Crippen LogP contribution in [0.25, 0.3) is 22.6 Å². The van der Waals surface area contributed by atoms with Crippen LogP contribution in [-0.2, 0) is 6.54 Å². The molecule has 7 heteroatoms. The van der Waals surface area contributed by atoms with E-state index in [0.29, 0.717) is 6.61 Å². The number of rotatable bonds is 8. The number of fused-ring (bicyclic) bond motifs is 1. The number of H-pyrrole nitrogens is 1. The molecule has 4 aromatic rings. The Balaban J connectivity index is 1.28. The minimum atomic E-state index is 0.589. The molecule has 4 rings (SSSR count). The van der Waals surface area contributed by atoms with Gasteiger partial charge in [-0.2, -0.15) is 0 Å². The monoisotopic (exact) mass is 452 g/mol. The Hall–Kier alpha value is -2.90. The SMILES string of the molecule is COc1cccc(CNCCOc2ccc(-c3nc4cc(Br)cnc4[nH]3)cc2)c1. The first-order valence-corrected chi connectivity index (χ1v) is 10.1. The quantitative estimate of drug-likeness (QED) is 0.383. The summed E-state index contributed by atoms with van der Waals surface area (Å²) in [6.45, 7) is 2.12. The second kappa shape index (κ2) is 9.07. The van der Waals surface area contributed by atoms with Crippen LogP contribution < -0.4 is 14.8 Å². The van der Waals surface area contributed by atoms with Crippen molar-refractivity contribution in [3.05, 3.63) is 70.8 Å². The van der Waals surface area contributed by atoms with Crippen LogP contribution in [-0.4, -0.2) is 35.2 Å². The first-order chi connectivity index (χ1) is 14.2. The van der Waals surface area contributed by atoms with E-state index in [0.717, 1.165) is 51.6 Å². The van der Waals surface area contributed by atoms with Gasteiger partial charge in [-0.25, -0.2) is 9.97 Å². The van der Waals surface area contributed by atoms with Gasteiger partial charge in [-0.15, -0.1) is 0 Å². The number of ether oxygens (including phenoxy) is 2. The van der Waals surface area contributed by atoms with Crippen molar-refractivity contribution < 1.29 is 9.47 Å². The Morgan fingerprint density at radius 1 is 1.07 bits per heavy atom. The number of imidazole rings is 1. The fourth-order valence-corrected chi connectivity index (χ4v) is 3.29. The van der Waals surface area contributed by atoms with Crippen LogP contribution in [0.5, 0.6) is 11.5 Å². The summed E-state index contributed by atoms with van der Waals surface area (Å²) in [4.78, 5) is 12.2. The van der Waals surface area contributed by atoms with Crippen LogP contribution in [0, 0.1) is 0 Å². The van der Waals surface area contributed by atoms with Crippen LogP contribution >= 0.6 is 15.9 Å². The molecule has 0 fully saturated rings. The lowest BCUT2D eigenvalue weighted by atomic mass is 10.2. The van der Waals surface area contributed by atoms with Gasteiger partial charge in [0.15, 0.2) is 5.65 Å². The molecule has 29 heavy (non-hydrogen) atoms. The van der Waals surface area contributed by atoms with Crippen LogP contribution in [0.2, 0.25) is 0 Å². The largest absolute Gasteiger partial charge is 0.497 e. The highest BCUT2D eigenvalue weighted by atomic mass is 79.9. The Labute approximate surface area is 177 Å². The smallest absolute Gasteiger partial charge is 0.157 e. The van der Waals surface area contributed by atoms with E-state index in [2.05, 4.69) is 42.3 Å². The predicted molar refractivity (Wildman–Crippen MR) is 117 cm³/mol. The second-order valence-corrected chi connectivity index (χ2v) is 7.42. The second-order valence-electron chi connectivity index (χ2n) is 6.51. The molecular weight excluding hydrogens is 432 g/mol. The molecule has 0 radical (unpaired) electrons. The average molecular weight is 453 g/mol. The molecule has 0 bridgehead atoms. The molecule has 2 heterocycles. The molecule has 0 saturated carbocycles. The van der Waals surface area contributed by atoms with Gasteiger partial charge in [0.1, 0.15) is 29.4 Å². The Morgan fingerprint density at radius 2 is 1.93 bits per heavy atom. The fraction of sp³-hybridized carbons (Fsp3) is 0.182. The minimum absolute atomic E-state index is 0.589. The van der Waals surface area contributed by atoms with E-state index in [1.165, 1.54) is 5.56 Å². The molecule has 0 spiro atoms. The third kappa shape index (κ3) is 4.93. The molecule has 0 unspecified atom stereocenters. The summed E-state index contributed by atoms with van der Waals surface area (Å²) in [6, 6.07) is 17.9. The lowest BCUT2D eigenvalue weighted by Gasteiger charge is -2.09. The molecule has 2 aromatic heterocycles. The van der Waals surface area contributed by atoms with Gasteiger partial charge < -0.3 is 19.8 Å². The predicted octanol–water partition coefficient (Wildman–Crippen LogP) is 4.56. The highest BCUT2D eigenvalue weighted by molar-refractivity contribution is 9.10. The van der Waals surface area contributed by atoms with Gasteiger partial charge in [-0.1, -0.05) is 12.1 Å². The molecule has 0 saturated heterocycles. The zero-order chi connectivity index (χ0) is 20.1. The number of benzene rings is 2. The topological polar surface area (TPSA) is 72.1 Å². The van der Waals surface area contributed by atoms with Gasteiger partial charge in [-0.05, 0) is 64.0 Å². The van der Waals surface area contributed by atoms with E-state index in [1.807, 2.05) is 48.5 Å². The van der Waals surface area contributed by atoms with Crippen LogP contribution in [0.3, 0.4) is 0 Å². The summed E-state index contributed by atoms with van der Waals surface area (Å²) in [6.07, 6.45) is 1.75. The number of hydrogen-bond acceptors (Lipinski definition) is 5. The Morgan fingerprint density at radius 3 is 2.76 bits per heavy atom. The summed E-state index contributed by atoms with van der Waals surface area (Å²) in [5, 5.41) is 3.37. The normalized spacial score (nSPS) is 11.0. The van der Waals surface area contributed by atoms with Crippen molar-refractivity contribution in [3.63, 3.8) is 0 Å². The number of aromatic amines is 1. The number of pyridine rings is 1. The first-order valence-electron chi connectivity index (χ1n) is 9.29. The van der Waals surface area contributed by atoms with Crippen molar-refractivity contribution in [2.24, 2.45) is 0 Å². The molecule has 0 atom stereocenters. The Bertz CT molecular complexity index is 1100. The Kier molecular flexibility index (Phi) is 6.07. The molecule has 2 N–H and O–H groups in total. The lowest BCUT2D eigenvalue weighted by Crippen LogP contribution is -2.20. The van der Waals surface area contributed by atoms with Crippen molar-refractivity contribution in [2.45, 2.75) is 6.54 Å². The molecule has 0 aliphatic heterocycles. The van der Waals surface area contributed by atoms with Crippen LogP contribution in [0.1, 0.15) is 5.56 Å². The number of nitrogens with one attached hydrogen (secondary N) is 2. The minimum Gasteiger partial charge on any atom is -0.497 e. The molecule has 2 aromatic carbocycles. The van der Waals surface area contributed by atoms with Crippen molar-refractivity contribution in [1.29, 1.82) is 0 Å². The standard InChI is InChI=1S/C22H21BrN4O2/c1-28-19-4-2-3-15(11-19)13-24-9-10-29-18-7-5-16(6-8-18)21-26-20-12-17(23)14-25-22(20)27-21/h2-8,11-12,14,24H,9-10,13H2,1H3,(H,25,26,27). The van der Waals surface area contributed by atoms with Crippen LogP contribution in [0.15, 0.2) is 65.3 Å². The molecule has 6 nitrogen and oxygen atoms in total. The maximum absolute atomic E-state index is 5.82. The summed E-state index contributed by atoms with van der Waals surface area (Å²) < 4.78 is 12.0. The molecule has 148 valence electrons. The summed E-state index contributed by atoms with van der Waals surface area (Å²) >= 11 is 3.42. The zero-order valence-electron chi connectivity index (χ0n) is 16.0. The van der Waals surface area contributed by atoms with E-state index in [9.17, 15) is 0 Å². The number of halogens is 1. The van der Waals surface area contributed by atoms with Crippen LogP contribution in [0.4, 0.5) is 0 Å². The highest BCUT2D eigenvalue weighted by Crippen LogP contribution is 2.23. The average Bonchev–Trinajstić information content (AvgIpc) is 3.17. The summed E-state index contributed by atoms with van der Waals surface area (Å²) in [7, 11) is 1.68. The van der Waals surface area contributed by atoms with Gasteiger partial charge in [0, 0.05) is 29.3 Å². The van der Waals surface area contributed by atoms with Crippen molar-refractivity contribution in [3.8, 4) is 22.9 Å². The van der Waals surface area contributed by atoms with Crippen molar-refractivity contribution in [2.75, 3.05) is 20.3 Å². The maximum Gasteiger partial charge on any atom is 0.157 e. The first kappa shape index (κ1) is 19.4. The highest BCUT2D eigenvalue weighted by Gasteiger charge is 2.07. The number of nitrogens with zero attached hydrogens (tertiary/aromatic N) is 2. The third-order valence-corrected chi connectivity index (χ3v) is 4.88. The van der Waals surface area contributed by atoms with Gasteiger partial charge >= 0.3 is 0 Å². The summed E-state index contributed by atoms with van der Waals surface area (Å²) in [5.74, 6) is 2.49. The van der Waals surface area contributed by atoms with Crippen molar-refractivity contribution in [1.82, 2.24) is 20.3 Å². The van der Waals surface area contributed by atoms with Gasteiger partial charge in [-0.3, -0.25) is 0 Å². The third-order valence-electron chi connectivity index (χ3n) is 4.44. The molecular formula is C22H21BrN4O2. The molecule has 0 aliphatic carbocycles. The van der Waals surface area contributed by atoms with Gasteiger partial charge in [0.25, 0.3) is 0 Å². The fourth-order valence-electron chi connectivity index (χ4n) is 2.97.